The Hall–Kier alpha value is -1.53. The molecule has 0 aromatic carbocycles. The van der Waals surface area contributed by atoms with Gasteiger partial charge in [-0.25, -0.2) is 4.39 Å². The normalized spacial score (nSPS) is 30.4. The minimum Gasteiger partial charge on any atom is -0.383 e. The maximum atomic E-state index is 13.1. The van der Waals surface area contributed by atoms with E-state index in [9.17, 15) is 9.18 Å². The summed E-state index contributed by atoms with van der Waals surface area (Å²) >= 11 is 0. The average Bonchev–Trinajstić information content (AvgIpc) is 2.97. The van der Waals surface area contributed by atoms with Crippen LogP contribution in [0.15, 0.2) is 24.5 Å². The number of ether oxygens (including phenoxy) is 1. The van der Waals surface area contributed by atoms with Gasteiger partial charge in [-0.05, 0) is 49.1 Å². The SMILES string of the molecule is COC[C@H]1CC2(CCN(C(=O)C3CC(F)C3)CC2)CN1Cc1cccnc1. The molecule has 1 aliphatic carbocycles. The van der Waals surface area contributed by atoms with Gasteiger partial charge in [0.2, 0.25) is 5.91 Å². The number of alkyl halides is 1. The minimum absolute atomic E-state index is 0.0686. The van der Waals surface area contributed by atoms with Crippen LogP contribution in [0.5, 0.6) is 0 Å². The first-order chi connectivity index (χ1) is 13.1. The lowest BCUT2D eigenvalue weighted by Crippen LogP contribution is -2.48. The van der Waals surface area contributed by atoms with Crippen LogP contribution in [0, 0.1) is 11.3 Å². The summed E-state index contributed by atoms with van der Waals surface area (Å²) in [7, 11) is 1.77. The first-order valence-corrected chi connectivity index (χ1v) is 10.1. The number of piperidine rings is 1. The van der Waals surface area contributed by atoms with Gasteiger partial charge in [0.15, 0.2) is 0 Å². The molecule has 0 unspecified atom stereocenters. The monoisotopic (exact) mass is 375 g/mol. The van der Waals surface area contributed by atoms with Crippen molar-refractivity contribution in [2.45, 2.75) is 50.9 Å². The highest BCUT2D eigenvalue weighted by molar-refractivity contribution is 5.80. The first kappa shape index (κ1) is 18.8. The van der Waals surface area contributed by atoms with Gasteiger partial charge < -0.3 is 9.64 Å². The van der Waals surface area contributed by atoms with Crippen molar-refractivity contribution < 1.29 is 13.9 Å². The van der Waals surface area contributed by atoms with E-state index in [2.05, 4.69) is 16.0 Å². The molecule has 1 aromatic rings. The molecule has 27 heavy (non-hydrogen) atoms. The average molecular weight is 375 g/mol. The number of amides is 1. The second kappa shape index (κ2) is 7.84. The van der Waals surface area contributed by atoms with Crippen molar-refractivity contribution in [3.63, 3.8) is 0 Å². The fraction of sp³-hybridized carbons (Fsp3) is 0.714. The third kappa shape index (κ3) is 4.02. The van der Waals surface area contributed by atoms with E-state index in [0.717, 1.165) is 52.0 Å². The maximum Gasteiger partial charge on any atom is 0.225 e. The third-order valence-corrected chi connectivity index (χ3v) is 6.76. The van der Waals surface area contributed by atoms with Crippen molar-refractivity contribution in [3.05, 3.63) is 30.1 Å². The zero-order valence-corrected chi connectivity index (χ0v) is 16.1. The highest BCUT2D eigenvalue weighted by Crippen LogP contribution is 2.44. The van der Waals surface area contributed by atoms with Crippen LogP contribution in [-0.2, 0) is 16.1 Å². The molecule has 148 valence electrons. The van der Waals surface area contributed by atoms with Crippen molar-refractivity contribution >= 4 is 5.91 Å². The molecule has 1 aromatic heterocycles. The number of rotatable bonds is 5. The third-order valence-electron chi connectivity index (χ3n) is 6.76. The van der Waals surface area contributed by atoms with Gasteiger partial charge in [-0.3, -0.25) is 14.7 Å². The number of methoxy groups -OCH3 is 1. The van der Waals surface area contributed by atoms with Crippen LogP contribution >= 0.6 is 0 Å². The summed E-state index contributed by atoms with van der Waals surface area (Å²) in [6, 6.07) is 4.52. The van der Waals surface area contributed by atoms with E-state index in [4.69, 9.17) is 4.74 Å². The molecule has 2 aliphatic heterocycles. The molecule has 1 saturated carbocycles. The van der Waals surface area contributed by atoms with Gasteiger partial charge in [-0.15, -0.1) is 0 Å². The van der Waals surface area contributed by atoms with E-state index < -0.39 is 6.17 Å². The van der Waals surface area contributed by atoms with E-state index >= 15 is 0 Å². The smallest absolute Gasteiger partial charge is 0.225 e. The van der Waals surface area contributed by atoms with E-state index in [1.54, 1.807) is 7.11 Å². The number of aromatic nitrogens is 1. The van der Waals surface area contributed by atoms with Crippen molar-refractivity contribution in [2.24, 2.45) is 11.3 Å². The van der Waals surface area contributed by atoms with Gasteiger partial charge in [-0.2, -0.15) is 0 Å². The van der Waals surface area contributed by atoms with Crippen LogP contribution in [0.4, 0.5) is 4.39 Å². The van der Waals surface area contributed by atoms with Gasteiger partial charge in [0.05, 0.1) is 6.61 Å². The Bertz CT molecular complexity index is 642. The Morgan fingerprint density at radius 2 is 2.15 bits per heavy atom. The van der Waals surface area contributed by atoms with E-state index in [1.165, 1.54) is 5.56 Å². The van der Waals surface area contributed by atoms with E-state index in [1.807, 2.05) is 23.4 Å². The van der Waals surface area contributed by atoms with Crippen molar-refractivity contribution in [1.82, 2.24) is 14.8 Å². The van der Waals surface area contributed by atoms with Crippen molar-refractivity contribution in [1.29, 1.82) is 0 Å². The molecule has 2 saturated heterocycles. The Kier molecular flexibility index (Phi) is 5.46. The Morgan fingerprint density at radius 1 is 1.37 bits per heavy atom. The summed E-state index contributed by atoms with van der Waals surface area (Å²) in [5.74, 6) is 0.110. The molecular weight excluding hydrogens is 345 g/mol. The Balaban J connectivity index is 1.37. The molecule has 1 atom stereocenters. The molecule has 3 aliphatic rings. The minimum atomic E-state index is -0.763. The van der Waals surface area contributed by atoms with Gasteiger partial charge in [0.25, 0.3) is 0 Å². The molecule has 4 rings (SSSR count). The first-order valence-electron chi connectivity index (χ1n) is 10.1. The van der Waals surface area contributed by atoms with Gasteiger partial charge in [0, 0.05) is 57.6 Å². The summed E-state index contributed by atoms with van der Waals surface area (Å²) < 4.78 is 18.6. The summed E-state index contributed by atoms with van der Waals surface area (Å²) in [5, 5.41) is 0. The lowest BCUT2D eigenvalue weighted by Gasteiger charge is -2.42. The molecule has 6 heteroatoms. The van der Waals surface area contributed by atoms with E-state index in [0.29, 0.717) is 18.9 Å². The molecule has 1 amide bonds. The largest absolute Gasteiger partial charge is 0.383 e. The molecule has 3 heterocycles. The Morgan fingerprint density at radius 3 is 2.78 bits per heavy atom. The second-order valence-corrected chi connectivity index (χ2v) is 8.67. The van der Waals surface area contributed by atoms with Gasteiger partial charge >= 0.3 is 0 Å². The molecule has 0 radical (unpaired) electrons. The fourth-order valence-electron chi connectivity index (χ4n) is 5.09. The van der Waals surface area contributed by atoms with Gasteiger partial charge in [-0.1, -0.05) is 6.07 Å². The van der Waals surface area contributed by atoms with Crippen molar-refractivity contribution in [3.8, 4) is 0 Å². The summed E-state index contributed by atoms with van der Waals surface area (Å²) in [6.07, 6.45) is 7.03. The van der Waals surface area contributed by atoms with Crippen molar-refractivity contribution in [2.75, 3.05) is 33.4 Å². The summed E-state index contributed by atoms with van der Waals surface area (Å²) in [4.78, 5) is 21.3. The number of likely N-dealkylation sites (tertiary alicyclic amines) is 2. The highest BCUT2D eigenvalue weighted by atomic mass is 19.1. The molecule has 1 spiro atoms. The lowest BCUT2D eigenvalue weighted by molar-refractivity contribution is -0.142. The van der Waals surface area contributed by atoms with E-state index in [-0.39, 0.29) is 17.2 Å². The number of hydrogen-bond acceptors (Lipinski definition) is 4. The zero-order valence-electron chi connectivity index (χ0n) is 16.1. The van der Waals surface area contributed by atoms with Crippen LogP contribution in [0.3, 0.4) is 0 Å². The lowest BCUT2D eigenvalue weighted by atomic mass is 9.75. The topological polar surface area (TPSA) is 45.7 Å². The summed E-state index contributed by atoms with van der Waals surface area (Å²) in [6.45, 7) is 4.31. The number of carbonyl (C=O) groups excluding carboxylic acids is 1. The standard InChI is InChI=1S/C21H30FN3O2/c1-27-14-19-11-21(15-25(19)13-16-3-2-6-23-12-16)4-7-24(8-5-21)20(26)17-9-18(22)10-17/h2-3,6,12,17-19H,4-5,7-11,13-15H2,1H3/t17?,18?,19-/m1/s1. The van der Waals surface area contributed by atoms with Crippen LogP contribution in [-0.4, -0.2) is 66.3 Å². The number of pyridine rings is 1. The molecule has 5 nitrogen and oxygen atoms in total. The maximum absolute atomic E-state index is 13.1. The van der Waals surface area contributed by atoms with Crippen LogP contribution in [0.1, 0.15) is 37.7 Å². The van der Waals surface area contributed by atoms with Crippen LogP contribution in [0.25, 0.3) is 0 Å². The number of halogens is 1. The summed E-state index contributed by atoms with van der Waals surface area (Å²) in [5.41, 5.74) is 1.50. The van der Waals surface area contributed by atoms with Gasteiger partial charge in [0.1, 0.15) is 6.17 Å². The quantitative estimate of drug-likeness (QED) is 0.794. The predicted octanol–water partition coefficient (Wildman–Crippen LogP) is 2.66. The van der Waals surface area contributed by atoms with Crippen LogP contribution < -0.4 is 0 Å². The molecular formula is C21H30FN3O2. The fourth-order valence-corrected chi connectivity index (χ4v) is 5.09. The number of carbonyl (C=O) groups is 1. The number of hydrogen-bond donors (Lipinski definition) is 0. The zero-order chi connectivity index (χ0) is 18.9. The molecule has 0 N–H and O–H groups in total. The highest BCUT2D eigenvalue weighted by Gasteiger charge is 2.47. The molecule has 0 bridgehead atoms. The second-order valence-electron chi connectivity index (χ2n) is 8.67. The van der Waals surface area contributed by atoms with Crippen LogP contribution in [0.2, 0.25) is 0 Å². The molecule has 3 fully saturated rings. The predicted molar refractivity (Wildman–Crippen MR) is 101 cm³/mol. The Labute approximate surface area is 160 Å². The number of nitrogens with zero attached hydrogens (tertiary/aromatic N) is 3.